The summed E-state index contributed by atoms with van der Waals surface area (Å²) in [5.74, 6) is 0. The number of hydrogen-bond donors (Lipinski definition) is 1. The first kappa shape index (κ1) is 21.3. The van der Waals surface area contributed by atoms with Gasteiger partial charge in [-0.25, -0.2) is 4.79 Å². The fourth-order valence-corrected chi connectivity index (χ4v) is 6.05. The molecule has 1 aromatic carbocycles. The molecular formula is C18H29N3O5Si. The third kappa shape index (κ3) is 6.30. The number of rotatable bonds is 8. The van der Waals surface area contributed by atoms with Crippen LogP contribution in [0.25, 0.3) is 0 Å². The summed E-state index contributed by atoms with van der Waals surface area (Å²) in [4.78, 5) is 22.6. The van der Waals surface area contributed by atoms with Crippen LogP contribution in [0, 0.1) is 10.1 Å². The van der Waals surface area contributed by atoms with Gasteiger partial charge >= 0.3 is 6.09 Å². The maximum atomic E-state index is 12.0. The lowest BCUT2D eigenvalue weighted by molar-refractivity contribution is -0.386. The highest BCUT2D eigenvalue weighted by molar-refractivity contribution is 6.74. The zero-order valence-electron chi connectivity index (χ0n) is 16.3. The van der Waals surface area contributed by atoms with Crippen molar-refractivity contribution in [1.82, 2.24) is 9.88 Å². The molecule has 1 amide bonds. The number of ether oxygens (including phenoxy) is 2. The molecule has 1 unspecified atom stereocenters. The summed E-state index contributed by atoms with van der Waals surface area (Å²) in [5.41, 5.74) is 0.342. The van der Waals surface area contributed by atoms with Crippen LogP contribution in [0.3, 0.4) is 0 Å². The normalized spacial score (nSPS) is 16.6. The van der Waals surface area contributed by atoms with Gasteiger partial charge in [-0.2, -0.15) is 0 Å². The van der Waals surface area contributed by atoms with Crippen molar-refractivity contribution in [3.8, 4) is 0 Å². The van der Waals surface area contributed by atoms with Crippen LogP contribution in [0.1, 0.15) is 25.0 Å². The van der Waals surface area contributed by atoms with E-state index in [-0.39, 0.29) is 5.69 Å². The van der Waals surface area contributed by atoms with Crippen molar-refractivity contribution < 1.29 is 19.2 Å². The highest BCUT2D eigenvalue weighted by Gasteiger charge is 2.30. The van der Waals surface area contributed by atoms with Gasteiger partial charge in [0.05, 0.1) is 23.7 Å². The van der Waals surface area contributed by atoms with Gasteiger partial charge in [0.25, 0.3) is 5.69 Å². The molecule has 1 N–H and O–H groups in total. The molecule has 0 bridgehead atoms. The number of amides is 1. The van der Waals surface area contributed by atoms with Gasteiger partial charge in [0.1, 0.15) is 14.3 Å². The molecule has 8 nitrogen and oxygen atoms in total. The number of carbonyl (C=O) groups is 1. The summed E-state index contributed by atoms with van der Waals surface area (Å²) in [5, 5.41) is 13.8. The molecule has 0 aliphatic carbocycles. The lowest BCUT2D eigenvalue weighted by Crippen LogP contribution is -2.53. The number of nitro groups is 1. The Bertz CT molecular complexity index is 650. The number of benzene rings is 1. The quantitative estimate of drug-likeness (QED) is 0.314. The van der Waals surface area contributed by atoms with Crippen molar-refractivity contribution >= 4 is 20.0 Å². The van der Waals surface area contributed by atoms with Gasteiger partial charge in [0.15, 0.2) is 0 Å². The van der Waals surface area contributed by atoms with Crippen molar-refractivity contribution in [3.05, 3.63) is 39.9 Å². The second-order valence-corrected chi connectivity index (χ2v) is 12.1. The summed E-state index contributed by atoms with van der Waals surface area (Å²) in [6, 6.07) is 7.37. The average Bonchev–Trinajstić information content (AvgIpc) is 2.66. The maximum absolute atomic E-state index is 12.0. The van der Waals surface area contributed by atoms with Gasteiger partial charge in [-0.05, 0) is 25.5 Å². The highest BCUT2D eigenvalue weighted by Crippen LogP contribution is 2.27. The molecule has 0 aromatic heterocycles. The van der Waals surface area contributed by atoms with E-state index < -0.39 is 25.4 Å². The molecule has 0 saturated carbocycles. The predicted octanol–water partition coefficient (Wildman–Crippen LogP) is 3.31. The Hall–Kier alpha value is -1.97. The van der Waals surface area contributed by atoms with E-state index in [2.05, 4.69) is 23.0 Å². The van der Waals surface area contributed by atoms with Gasteiger partial charge in [0.2, 0.25) is 0 Å². The first-order valence-corrected chi connectivity index (χ1v) is 12.5. The SMILES string of the molecule is CC(OC(=O)NCCC[Si](C)(C)N1CCOCC1)c1ccccc1[N+](=O)[O-]. The van der Waals surface area contributed by atoms with E-state index in [4.69, 9.17) is 9.47 Å². The molecule has 1 heterocycles. The van der Waals surface area contributed by atoms with Crippen LogP contribution in [-0.2, 0) is 9.47 Å². The summed E-state index contributed by atoms with van der Waals surface area (Å²) < 4.78 is 13.3. The number of hydrogen-bond acceptors (Lipinski definition) is 6. The molecule has 0 spiro atoms. The van der Waals surface area contributed by atoms with Crippen LogP contribution in [0.4, 0.5) is 10.5 Å². The lowest BCUT2D eigenvalue weighted by atomic mass is 10.1. The van der Waals surface area contributed by atoms with Crippen LogP contribution < -0.4 is 5.32 Å². The van der Waals surface area contributed by atoms with Crippen molar-refractivity contribution in [2.45, 2.75) is 38.6 Å². The summed E-state index contributed by atoms with van der Waals surface area (Å²) in [7, 11) is -1.49. The standard InChI is InChI=1S/C18H29N3O5Si/c1-15(16-7-4-5-8-17(16)21(23)24)26-18(22)19-9-6-14-27(2,3)20-10-12-25-13-11-20/h4-5,7-8,15H,6,9-14H2,1-3H3,(H,19,22). The number of morpholine rings is 1. The molecule has 1 aliphatic heterocycles. The molecule has 27 heavy (non-hydrogen) atoms. The third-order valence-electron chi connectivity index (χ3n) is 4.96. The van der Waals surface area contributed by atoms with Crippen molar-refractivity contribution in [1.29, 1.82) is 0 Å². The van der Waals surface area contributed by atoms with Gasteiger partial charge in [-0.3, -0.25) is 10.1 Å². The molecule has 2 rings (SSSR count). The van der Waals surface area contributed by atoms with Crippen molar-refractivity contribution in [2.24, 2.45) is 0 Å². The molecule has 1 atom stereocenters. The summed E-state index contributed by atoms with van der Waals surface area (Å²) >= 11 is 0. The van der Waals surface area contributed by atoms with E-state index in [0.29, 0.717) is 12.1 Å². The van der Waals surface area contributed by atoms with Gasteiger partial charge < -0.3 is 19.4 Å². The fraction of sp³-hybridized carbons (Fsp3) is 0.611. The van der Waals surface area contributed by atoms with E-state index >= 15 is 0 Å². The third-order valence-corrected chi connectivity index (χ3v) is 8.69. The minimum absolute atomic E-state index is 0.0453. The number of para-hydroxylation sites is 1. The molecule has 1 saturated heterocycles. The summed E-state index contributed by atoms with van der Waals surface area (Å²) in [6.45, 7) is 10.4. The van der Waals surface area contributed by atoms with Crippen LogP contribution in [0.2, 0.25) is 19.1 Å². The van der Waals surface area contributed by atoms with E-state index in [9.17, 15) is 14.9 Å². The van der Waals surface area contributed by atoms with E-state index in [1.807, 2.05) is 0 Å². The molecule has 9 heteroatoms. The van der Waals surface area contributed by atoms with Crippen molar-refractivity contribution in [2.75, 3.05) is 32.8 Å². The van der Waals surface area contributed by atoms with E-state index in [1.165, 1.54) is 6.07 Å². The Kier molecular flexibility index (Phi) is 7.75. The zero-order valence-corrected chi connectivity index (χ0v) is 17.3. The van der Waals surface area contributed by atoms with Gasteiger partial charge in [0, 0.05) is 25.7 Å². The van der Waals surface area contributed by atoms with Crippen LogP contribution >= 0.6 is 0 Å². The Morgan fingerprint density at radius 3 is 2.70 bits per heavy atom. The molecule has 1 fully saturated rings. The molecular weight excluding hydrogens is 366 g/mol. The van der Waals surface area contributed by atoms with E-state index in [1.54, 1.807) is 25.1 Å². The molecule has 1 aliphatic rings. The van der Waals surface area contributed by atoms with Crippen LogP contribution in [0.5, 0.6) is 0 Å². The first-order chi connectivity index (χ1) is 12.8. The first-order valence-electron chi connectivity index (χ1n) is 9.32. The molecule has 0 radical (unpaired) electrons. The second-order valence-electron chi connectivity index (χ2n) is 7.31. The topological polar surface area (TPSA) is 93.9 Å². The van der Waals surface area contributed by atoms with Gasteiger partial charge in [-0.15, -0.1) is 0 Å². The number of nitrogens with zero attached hydrogens (tertiary/aromatic N) is 2. The summed E-state index contributed by atoms with van der Waals surface area (Å²) in [6.07, 6.45) is -0.358. The average molecular weight is 396 g/mol. The largest absolute Gasteiger partial charge is 0.441 e. The number of carbonyl (C=O) groups excluding carboxylic acids is 1. The number of alkyl carbamates (subject to hydrolysis) is 1. The second kappa shape index (κ2) is 9.82. The monoisotopic (exact) mass is 395 g/mol. The smallest absolute Gasteiger partial charge is 0.407 e. The number of nitro benzene ring substituents is 1. The maximum Gasteiger partial charge on any atom is 0.407 e. The fourth-order valence-electron chi connectivity index (χ4n) is 3.30. The Morgan fingerprint density at radius 2 is 2.04 bits per heavy atom. The lowest BCUT2D eigenvalue weighted by Gasteiger charge is -2.39. The Labute approximate surface area is 161 Å². The van der Waals surface area contributed by atoms with E-state index in [0.717, 1.165) is 38.8 Å². The molecule has 150 valence electrons. The van der Waals surface area contributed by atoms with Crippen LogP contribution in [0.15, 0.2) is 24.3 Å². The highest BCUT2D eigenvalue weighted by atomic mass is 28.3. The minimum atomic E-state index is -1.49. The predicted molar refractivity (Wildman–Crippen MR) is 105 cm³/mol. The van der Waals surface area contributed by atoms with Crippen molar-refractivity contribution in [3.63, 3.8) is 0 Å². The van der Waals surface area contributed by atoms with Crippen LogP contribution in [-0.4, -0.2) is 56.7 Å². The number of nitrogens with one attached hydrogen (secondary N) is 1. The molecule has 1 aromatic rings. The minimum Gasteiger partial charge on any atom is -0.441 e. The van der Waals surface area contributed by atoms with Gasteiger partial charge in [-0.1, -0.05) is 25.2 Å². The zero-order chi connectivity index (χ0) is 19.9. The Balaban J connectivity index is 1.75. The Morgan fingerprint density at radius 1 is 1.37 bits per heavy atom.